The smallest absolute Gasteiger partial charge is 0.150 e. The SMILES string of the molecule is Cc1nc(N)c2c(-c3ccc4c(c3F)CCN4)nc(C)n2c1C. The van der Waals surface area contributed by atoms with Gasteiger partial charge in [0, 0.05) is 29.1 Å². The van der Waals surface area contributed by atoms with E-state index in [1.807, 2.05) is 31.2 Å². The van der Waals surface area contributed by atoms with Gasteiger partial charge >= 0.3 is 0 Å². The van der Waals surface area contributed by atoms with Crippen LogP contribution in [0.2, 0.25) is 0 Å². The molecule has 1 aliphatic rings. The number of nitrogens with one attached hydrogen (secondary N) is 1. The Morgan fingerprint density at radius 3 is 2.78 bits per heavy atom. The van der Waals surface area contributed by atoms with E-state index in [-0.39, 0.29) is 5.82 Å². The Morgan fingerprint density at radius 1 is 1.22 bits per heavy atom. The lowest BCUT2D eigenvalue weighted by atomic mass is 10.0. The summed E-state index contributed by atoms with van der Waals surface area (Å²) in [6, 6.07) is 3.68. The molecule has 23 heavy (non-hydrogen) atoms. The fourth-order valence-corrected chi connectivity index (χ4v) is 3.38. The zero-order chi connectivity index (χ0) is 16.3. The summed E-state index contributed by atoms with van der Waals surface area (Å²) in [7, 11) is 0. The molecule has 3 heterocycles. The molecule has 3 N–H and O–H groups in total. The molecule has 0 spiro atoms. The normalized spacial score (nSPS) is 13.4. The van der Waals surface area contributed by atoms with Crippen LogP contribution >= 0.6 is 0 Å². The van der Waals surface area contributed by atoms with Gasteiger partial charge < -0.3 is 11.1 Å². The Kier molecular flexibility index (Phi) is 2.85. The van der Waals surface area contributed by atoms with Crippen molar-refractivity contribution >= 4 is 17.0 Å². The van der Waals surface area contributed by atoms with E-state index in [1.54, 1.807) is 6.07 Å². The molecular formula is C17H18FN5. The molecule has 118 valence electrons. The first kappa shape index (κ1) is 14.0. The van der Waals surface area contributed by atoms with E-state index in [4.69, 9.17) is 5.73 Å². The number of hydrogen-bond acceptors (Lipinski definition) is 4. The molecule has 4 rings (SSSR count). The molecule has 1 aromatic carbocycles. The van der Waals surface area contributed by atoms with Crippen LogP contribution in [0.3, 0.4) is 0 Å². The summed E-state index contributed by atoms with van der Waals surface area (Å²) in [6.07, 6.45) is 0.686. The maximum Gasteiger partial charge on any atom is 0.150 e. The van der Waals surface area contributed by atoms with E-state index < -0.39 is 0 Å². The summed E-state index contributed by atoms with van der Waals surface area (Å²) >= 11 is 0. The van der Waals surface area contributed by atoms with E-state index in [0.717, 1.165) is 35.0 Å². The van der Waals surface area contributed by atoms with E-state index in [9.17, 15) is 4.39 Å². The summed E-state index contributed by atoms with van der Waals surface area (Å²) in [6.45, 7) is 6.54. The molecule has 0 aliphatic carbocycles. The van der Waals surface area contributed by atoms with Crippen LogP contribution in [0, 0.1) is 26.6 Å². The first-order valence-corrected chi connectivity index (χ1v) is 7.66. The lowest BCUT2D eigenvalue weighted by molar-refractivity contribution is 0.618. The maximum atomic E-state index is 15.0. The quantitative estimate of drug-likeness (QED) is 0.725. The van der Waals surface area contributed by atoms with Crippen LogP contribution in [0.25, 0.3) is 16.8 Å². The predicted molar refractivity (Wildman–Crippen MR) is 89.2 cm³/mol. The maximum absolute atomic E-state index is 15.0. The van der Waals surface area contributed by atoms with Crippen molar-refractivity contribution in [3.8, 4) is 11.3 Å². The Bertz CT molecular complexity index is 958. The standard InChI is InChI=1S/C17H18FN5/c1-8-9(2)23-10(3)22-15(16(23)17(19)21-8)12-4-5-13-11(14(12)18)6-7-20-13/h4-5,20H,6-7H2,1-3H3,(H2,19,21). The number of benzene rings is 1. The minimum atomic E-state index is -0.217. The highest BCUT2D eigenvalue weighted by Gasteiger charge is 2.23. The highest BCUT2D eigenvalue weighted by Crippen LogP contribution is 2.36. The third-order valence-electron chi connectivity index (χ3n) is 4.62. The van der Waals surface area contributed by atoms with Gasteiger partial charge in [0.1, 0.15) is 28.7 Å². The van der Waals surface area contributed by atoms with E-state index in [0.29, 0.717) is 29.0 Å². The van der Waals surface area contributed by atoms with E-state index in [2.05, 4.69) is 15.3 Å². The number of rotatable bonds is 1. The molecule has 0 amide bonds. The highest BCUT2D eigenvalue weighted by atomic mass is 19.1. The van der Waals surface area contributed by atoms with E-state index in [1.165, 1.54) is 0 Å². The number of imidazole rings is 1. The molecule has 0 radical (unpaired) electrons. The van der Waals surface area contributed by atoms with Gasteiger partial charge in [0.25, 0.3) is 0 Å². The Morgan fingerprint density at radius 2 is 2.00 bits per heavy atom. The fourth-order valence-electron chi connectivity index (χ4n) is 3.38. The van der Waals surface area contributed by atoms with Gasteiger partial charge in [-0.2, -0.15) is 0 Å². The monoisotopic (exact) mass is 311 g/mol. The van der Waals surface area contributed by atoms with Crippen molar-refractivity contribution in [1.29, 1.82) is 0 Å². The number of nitrogens with two attached hydrogens (primary N) is 1. The van der Waals surface area contributed by atoms with Crippen molar-refractivity contribution in [3.05, 3.63) is 40.7 Å². The van der Waals surface area contributed by atoms with Crippen LogP contribution in [0.15, 0.2) is 12.1 Å². The first-order valence-electron chi connectivity index (χ1n) is 7.66. The average Bonchev–Trinajstić information content (AvgIpc) is 3.10. The molecular weight excluding hydrogens is 293 g/mol. The summed E-state index contributed by atoms with van der Waals surface area (Å²) in [5, 5.41) is 3.19. The van der Waals surface area contributed by atoms with Crippen molar-refractivity contribution in [2.24, 2.45) is 0 Å². The molecule has 0 unspecified atom stereocenters. The van der Waals surface area contributed by atoms with Crippen LogP contribution in [0.5, 0.6) is 0 Å². The topological polar surface area (TPSA) is 68.2 Å². The fraction of sp³-hybridized carbons (Fsp3) is 0.294. The molecule has 6 heteroatoms. The molecule has 3 aromatic rings. The van der Waals surface area contributed by atoms with Crippen LogP contribution in [-0.2, 0) is 6.42 Å². The van der Waals surface area contributed by atoms with Gasteiger partial charge in [-0.1, -0.05) is 0 Å². The van der Waals surface area contributed by atoms with Crippen LogP contribution in [0.4, 0.5) is 15.9 Å². The number of anilines is 2. The van der Waals surface area contributed by atoms with Gasteiger partial charge in [0.2, 0.25) is 0 Å². The van der Waals surface area contributed by atoms with Gasteiger partial charge in [0.05, 0.1) is 5.69 Å². The first-order chi connectivity index (χ1) is 11.0. The molecule has 0 saturated carbocycles. The molecule has 0 bridgehead atoms. The van der Waals surface area contributed by atoms with Gasteiger partial charge in [-0.3, -0.25) is 4.40 Å². The molecule has 5 nitrogen and oxygen atoms in total. The van der Waals surface area contributed by atoms with E-state index >= 15 is 0 Å². The Labute approximate surface area is 133 Å². The third-order valence-corrected chi connectivity index (χ3v) is 4.62. The van der Waals surface area contributed by atoms with Crippen molar-refractivity contribution in [2.75, 3.05) is 17.6 Å². The number of halogens is 1. The molecule has 2 aromatic heterocycles. The number of nitrogen functional groups attached to an aromatic ring is 1. The molecule has 0 saturated heterocycles. The predicted octanol–water partition coefficient (Wildman–Crippen LogP) is 3.01. The summed E-state index contributed by atoms with van der Waals surface area (Å²) in [5.41, 5.74) is 11.2. The number of aryl methyl sites for hydroxylation is 3. The zero-order valence-corrected chi connectivity index (χ0v) is 13.4. The highest BCUT2D eigenvalue weighted by molar-refractivity contribution is 5.87. The van der Waals surface area contributed by atoms with Crippen LogP contribution in [-0.4, -0.2) is 20.9 Å². The number of fused-ring (bicyclic) bond motifs is 2. The van der Waals surface area contributed by atoms with Gasteiger partial charge in [-0.15, -0.1) is 0 Å². The van der Waals surface area contributed by atoms with Gasteiger partial charge in [-0.25, -0.2) is 14.4 Å². The van der Waals surface area contributed by atoms with Crippen molar-refractivity contribution in [2.45, 2.75) is 27.2 Å². The van der Waals surface area contributed by atoms with Crippen molar-refractivity contribution in [1.82, 2.24) is 14.4 Å². The number of hydrogen-bond donors (Lipinski definition) is 2. The zero-order valence-electron chi connectivity index (χ0n) is 13.4. The van der Waals surface area contributed by atoms with Gasteiger partial charge in [0.15, 0.2) is 0 Å². The largest absolute Gasteiger partial charge is 0.384 e. The van der Waals surface area contributed by atoms with Crippen molar-refractivity contribution in [3.63, 3.8) is 0 Å². The minimum absolute atomic E-state index is 0.217. The van der Waals surface area contributed by atoms with Crippen LogP contribution < -0.4 is 11.1 Å². The van der Waals surface area contributed by atoms with Crippen LogP contribution in [0.1, 0.15) is 22.8 Å². The second-order valence-corrected chi connectivity index (χ2v) is 5.99. The summed E-state index contributed by atoms with van der Waals surface area (Å²) < 4.78 is 16.9. The molecule has 0 fully saturated rings. The second-order valence-electron chi connectivity index (χ2n) is 5.99. The van der Waals surface area contributed by atoms with Gasteiger partial charge in [-0.05, 0) is 39.3 Å². The molecule has 1 aliphatic heterocycles. The second kappa shape index (κ2) is 4.68. The lowest BCUT2D eigenvalue weighted by Gasteiger charge is -2.10. The number of nitrogens with zero attached hydrogens (tertiary/aromatic N) is 3. The summed E-state index contributed by atoms with van der Waals surface area (Å²) in [4.78, 5) is 8.98. The Balaban J connectivity index is 2.07. The Hall–Kier alpha value is -2.63. The summed E-state index contributed by atoms with van der Waals surface area (Å²) in [5.74, 6) is 0.939. The number of aromatic nitrogens is 3. The lowest BCUT2D eigenvalue weighted by Crippen LogP contribution is -2.04. The average molecular weight is 311 g/mol. The minimum Gasteiger partial charge on any atom is -0.384 e. The molecule has 0 atom stereocenters. The third kappa shape index (κ3) is 1.84. The van der Waals surface area contributed by atoms with Crippen molar-refractivity contribution < 1.29 is 4.39 Å².